The predicted molar refractivity (Wildman–Crippen MR) is 68.4 cm³/mol. The highest BCUT2D eigenvalue weighted by Crippen LogP contribution is 2.26. The molecule has 7 heteroatoms. The van der Waals surface area contributed by atoms with Crippen LogP contribution in [-0.2, 0) is 9.47 Å². The third kappa shape index (κ3) is 2.72. The average molecular weight is 268 g/mol. The fourth-order valence-corrected chi connectivity index (χ4v) is 2.60. The predicted octanol–water partition coefficient (Wildman–Crippen LogP) is -0.00190. The van der Waals surface area contributed by atoms with E-state index < -0.39 is 0 Å². The van der Waals surface area contributed by atoms with Gasteiger partial charge in [-0.2, -0.15) is 4.98 Å². The second-order valence-corrected chi connectivity index (χ2v) is 4.90. The molecule has 2 aliphatic heterocycles. The van der Waals surface area contributed by atoms with Gasteiger partial charge in [-0.05, 0) is 18.6 Å². The molecule has 2 unspecified atom stereocenters. The third-order valence-electron chi connectivity index (χ3n) is 3.77. The van der Waals surface area contributed by atoms with Crippen molar-refractivity contribution in [2.24, 2.45) is 0 Å². The number of likely N-dealkylation sites (N-methyl/N-ethyl adjacent to an activating group) is 1. The van der Waals surface area contributed by atoms with Crippen molar-refractivity contribution in [1.82, 2.24) is 15.5 Å². The van der Waals surface area contributed by atoms with Gasteiger partial charge in [-0.15, -0.1) is 0 Å². The lowest BCUT2D eigenvalue weighted by Gasteiger charge is -2.28. The molecule has 19 heavy (non-hydrogen) atoms. The van der Waals surface area contributed by atoms with Gasteiger partial charge in [0.1, 0.15) is 0 Å². The van der Waals surface area contributed by atoms with E-state index in [1.165, 1.54) is 0 Å². The summed E-state index contributed by atoms with van der Waals surface area (Å²) in [4.78, 5) is 6.62. The van der Waals surface area contributed by atoms with Gasteiger partial charge >= 0.3 is 0 Å². The van der Waals surface area contributed by atoms with Crippen molar-refractivity contribution >= 4 is 5.95 Å². The van der Waals surface area contributed by atoms with Crippen LogP contribution in [0, 0.1) is 0 Å². The molecule has 0 aromatic carbocycles. The van der Waals surface area contributed by atoms with Crippen molar-refractivity contribution in [3.63, 3.8) is 0 Å². The molecule has 2 atom stereocenters. The van der Waals surface area contributed by atoms with Gasteiger partial charge in [0.25, 0.3) is 5.95 Å². The average Bonchev–Trinajstić information content (AvgIpc) is 2.98. The van der Waals surface area contributed by atoms with Crippen molar-refractivity contribution in [2.75, 3.05) is 51.5 Å². The Morgan fingerprint density at radius 2 is 2.05 bits per heavy atom. The van der Waals surface area contributed by atoms with E-state index >= 15 is 0 Å². The van der Waals surface area contributed by atoms with E-state index in [1.807, 2.05) is 7.05 Å². The van der Waals surface area contributed by atoms with E-state index in [1.54, 1.807) is 0 Å². The highest BCUT2D eigenvalue weighted by Gasteiger charge is 2.31. The molecule has 2 fully saturated rings. The van der Waals surface area contributed by atoms with Crippen LogP contribution in [0.2, 0.25) is 0 Å². The van der Waals surface area contributed by atoms with Gasteiger partial charge in [0.05, 0.1) is 25.7 Å². The van der Waals surface area contributed by atoms with Crippen LogP contribution in [0.1, 0.15) is 18.2 Å². The molecule has 1 N–H and O–H groups in total. The number of anilines is 1. The molecule has 106 valence electrons. The van der Waals surface area contributed by atoms with Crippen molar-refractivity contribution in [3.05, 3.63) is 5.89 Å². The SMILES string of the molecule is CNC1CCOCC1c1nc(N2CCOCC2)no1. The van der Waals surface area contributed by atoms with Gasteiger partial charge in [-0.25, -0.2) is 0 Å². The number of rotatable bonds is 3. The van der Waals surface area contributed by atoms with Crippen LogP contribution in [0.3, 0.4) is 0 Å². The summed E-state index contributed by atoms with van der Waals surface area (Å²) < 4.78 is 16.3. The smallest absolute Gasteiger partial charge is 0.266 e. The monoisotopic (exact) mass is 268 g/mol. The number of nitrogens with zero attached hydrogens (tertiary/aromatic N) is 3. The summed E-state index contributed by atoms with van der Waals surface area (Å²) in [5.74, 6) is 1.47. The van der Waals surface area contributed by atoms with E-state index in [0.717, 1.165) is 39.3 Å². The number of ether oxygens (including phenoxy) is 2. The summed E-state index contributed by atoms with van der Waals surface area (Å²) in [6.45, 7) is 4.49. The molecule has 0 spiro atoms. The first-order valence-electron chi connectivity index (χ1n) is 6.80. The Morgan fingerprint density at radius 3 is 2.84 bits per heavy atom. The molecule has 0 saturated carbocycles. The van der Waals surface area contributed by atoms with Gasteiger partial charge in [-0.3, -0.25) is 0 Å². The number of hydrogen-bond acceptors (Lipinski definition) is 7. The fraction of sp³-hybridized carbons (Fsp3) is 0.833. The van der Waals surface area contributed by atoms with Crippen LogP contribution < -0.4 is 10.2 Å². The molecular weight excluding hydrogens is 248 g/mol. The maximum atomic E-state index is 5.52. The van der Waals surface area contributed by atoms with Crippen molar-refractivity contribution < 1.29 is 14.0 Å². The maximum Gasteiger partial charge on any atom is 0.266 e. The third-order valence-corrected chi connectivity index (χ3v) is 3.77. The minimum atomic E-state index is 0.140. The normalized spacial score (nSPS) is 28.6. The van der Waals surface area contributed by atoms with E-state index in [-0.39, 0.29) is 5.92 Å². The second-order valence-electron chi connectivity index (χ2n) is 4.90. The van der Waals surface area contributed by atoms with Crippen LogP contribution in [-0.4, -0.2) is 62.7 Å². The number of aromatic nitrogens is 2. The largest absolute Gasteiger partial charge is 0.381 e. The lowest BCUT2D eigenvalue weighted by molar-refractivity contribution is 0.0516. The molecular formula is C12H20N4O3. The lowest BCUT2D eigenvalue weighted by atomic mass is 9.96. The molecule has 3 rings (SSSR count). The van der Waals surface area contributed by atoms with E-state index in [9.17, 15) is 0 Å². The van der Waals surface area contributed by atoms with Gasteiger partial charge in [0, 0.05) is 25.7 Å². The molecule has 0 aliphatic carbocycles. The van der Waals surface area contributed by atoms with Crippen LogP contribution in [0.4, 0.5) is 5.95 Å². The Bertz CT molecular complexity index is 405. The van der Waals surface area contributed by atoms with Crippen LogP contribution >= 0.6 is 0 Å². The van der Waals surface area contributed by atoms with Gasteiger partial charge in [-0.1, -0.05) is 0 Å². The quantitative estimate of drug-likeness (QED) is 0.827. The zero-order valence-electron chi connectivity index (χ0n) is 11.2. The second kappa shape index (κ2) is 5.85. The summed E-state index contributed by atoms with van der Waals surface area (Å²) >= 11 is 0. The molecule has 0 amide bonds. The van der Waals surface area contributed by atoms with Gasteiger partial charge in [0.2, 0.25) is 5.89 Å². The number of morpholine rings is 1. The topological polar surface area (TPSA) is 72.7 Å². The number of hydrogen-bond donors (Lipinski definition) is 1. The summed E-state index contributed by atoms with van der Waals surface area (Å²) in [5.41, 5.74) is 0. The molecule has 1 aromatic rings. The summed E-state index contributed by atoms with van der Waals surface area (Å²) in [7, 11) is 1.96. The first kappa shape index (κ1) is 12.8. The highest BCUT2D eigenvalue weighted by atomic mass is 16.5. The Morgan fingerprint density at radius 1 is 1.21 bits per heavy atom. The Hall–Kier alpha value is -1.18. The first-order valence-corrected chi connectivity index (χ1v) is 6.80. The van der Waals surface area contributed by atoms with Crippen molar-refractivity contribution in [1.29, 1.82) is 0 Å². The molecule has 2 saturated heterocycles. The zero-order valence-corrected chi connectivity index (χ0v) is 11.2. The summed E-state index contributed by atoms with van der Waals surface area (Å²) in [6.07, 6.45) is 0.969. The summed E-state index contributed by atoms with van der Waals surface area (Å²) in [5, 5.41) is 7.38. The van der Waals surface area contributed by atoms with E-state index in [4.69, 9.17) is 14.0 Å². The van der Waals surface area contributed by atoms with E-state index in [0.29, 0.717) is 24.5 Å². The Kier molecular flexibility index (Phi) is 3.95. The molecule has 1 aromatic heterocycles. The standard InChI is InChI=1S/C12H20N4O3/c1-13-10-2-5-18-8-9(10)11-14-12(15-19-11)16-3-6-17-7-4-16/h9-10,13H,2-8H2,1H3. The van der Waals surface area contributed by atoms with Crippen molar-refractivity contribution in [2.45, 2.75) is 18.4 Å². The molecule has 3 heterocycles. The highest BCUT2D eigenvalue weighted by molar-refractivity contribution is 5.28. The summed E-state index contributed by atoms with van der Waals surface area (Å²) in [6, 6.07) is 0.340. The maximum absolute atomic E-state index is 5.52. The van der Waals surface area contributed by atoms with Crippen LogP contribution in [0.5, 0.6) is 0 Å². The Balaban J connectivity index is 1.72. The molecule has 0 radical (unpaired) electrons. The molecule has 2 aliphatic rings. The van der Waals surface area contributed by atoms with Gasteiger partial charge < -0.3 is 24.2 Å². The molecule has 7 nitrogen and oxygen atoms in total. The van der Waals surface area contributed by atoms with E-state index in [2.05, 4.69) is 20.4 Å². The minimum Gasteiger partial charge on any atom is -0.381 e. The van der Waals surface area contributed by atoms with Crippen molar-refractivity contribution in [3.8, 4) is 0 Å². The number of nitrogens with one attached hydrogen (secondary N) is 1. The van der Waals surface area contributed by atoms with Crippen LogP contribution in [0.15, 0.2) is 4.52 Å². The zero-order chi connectivity index (χ0) is 13.1. The molecule has 0 bridgehead atoms. The van der Waals surface area contributed by atoms with Crippen LogP contribution in [0.25, 0.3) is 0 Å². The Labute approximate surface area is 112 Å². The minimum absolute atomic E-state index is 0.140. The lowest BCUT2D eigenvalue weighted by Crippen LogP contribution is -2.39. The first-order chi connectivity index (χ1) is 9.38. The van der Waals surface area contributed by atoms with Gasteiger partial charge in [0.15, 0.2) is 0 Å². The fourth-order valence-electron chi connectivity index (χ4n) is 2.60.